The van der Waals surface area contributed by atoms with Crippen LogP contribution in [0.1, 0.15) is 37.6 Å². The molecule has 0 saturated carbocycles. The van der Waals surface area contributed by atoms with Gasteiger partial charge in [-0.2, -0.15) is 5.10 Å². The number of aromatic nitrogens is 4. The molecule has 3 aromatic rings. The number of carbonyl (C=O) groups excluding carboxylic acids is 1. The number of amides is 1. The number of thioether (sulfide) groups is 1. The lowest BCUT2D eigenvalue weighted by Crippen LogP contribution is -2.27. The Labute approximate surface area is 180 Å². The monoisotopic (exact) mass is 428 g/mol. The number of nitrogens with one attached hydrogen (secondary N) is 2. The van der Waals surface area contributed by atoms with Crippen molar-refractivity contribution in [2.45, 2.75) is 38.9 Å². The molecule has 0 fully saturated rings. The van der Waals surface area contributed by atoms with Crippen molar-refractivity contribution in [1.82, 2.24) is 25.1 Å². The summed E-state index contributed by atoms with van der Waals surface area (Å²) in [6, 6.07) is 7.12. The van der Waals surface area contributed by atoms with Gasteiger partial charge in [-0.1, -0.05) is 25.6 Å². The number of anilines is 1. The van der Waals surface area contributed by atoms with E-state index in [2.05, 4.69) is 39.5 Å². The highest BCUT2D eigenvalue weighted by atomic mass is 32.2. The van der Waals surface area contributed by atoms with Gasteiger partial charge in [0.2, 0.25) is 0 Å². The molecule has 0 aliphatic rings. The number of carbonyl (C=O) groups is 1. The fourth-order valence-electron chi connectivity index (χ4n) is 2.92. The topological polar surface area (TPSA) is 94.0 Å². The molecule has 0 unspecified atom stereocenters. The lowest BCUT2D eigenvalue weighted by atomic mass is 10.2. The van der Waals surface area contributed by atoms with Gasteiger partial charge in [-0.15, -0.1) is 0 Å². The molecule has 2 N–H and O–H groups in total. The Morgan fingerprint density at radius 3 is 2.63 bits per heavy atom. The maximum absolute atomic E-state index is 12.4. The minimum atomic E-state index is -0.128. The van der Waals surface area contributed by atoms with Gasteiger partial charge in [0.15, 0.2) is 10.8 Å². The van der Waals surface area contributed by atoms with E-state index in [0.717, 1.165) is 46.5 Å². The van der Waals surface area contributed by atoms with Crippen molar-refractivity contribution in [3.8, 4) is 5.75 Å². The second kappa shape index (κ2) is 10.8. The molecule has 160 valence electrons. The highest BCUT2D eigenvalue weighted by molar-refractivity contribution is 7.99. The maximum Gasteiger partial charge on any atom is 0.251 e. The van der Waals surface area contributed by atoms with Crippen LogP contribution >= 0.6 is 11.8 Å². The van der Waals surface area contributed by atoms with Crippen LogP contribution in [-0.2, 0) is 6.54 Å². The summed E-state index contributed by atoms with van der Waals surface area (Å²) in [5.41, 5.74) is 1.37. The SMILES string of the molecule is CCCNc1nc(SCC)nc2c1cnn2CCNC(=O)c1ccc(OCC)cc1. The van der Waals surface area contributed by atoms with Crippen LogP contribution in [0.4, 0.5) is 5.82 Å². The first-order valence-electron chi connectivity index (χ1n) is 10.3. The Hall–Kier alpha value is -2.81. The molecular formula is C21H28N6O2S. The van der Waals surface area contributed by atoms with Crippen molar-refractivity contribution in [3.05, 3.63) is 36.0 Å². The third kappa shape index (κ3) is 5.41. The van der Waals surface area contributed by atoms with Crippen LogP contribution in [0.15, 0.2) is 35.6 Å². The molecule has 2 aromatic heterocycles. The lowest BCUT2D eigenvalue weighted by molar-refractivity contribution is 0.0952. The molecule has 0 radical (unpaired) electrons. The second-order valence-corrected chi connectivity index (χ2v) is 7.76. The smallest absolute Gasteiger partial charge is 0.251 e. The number of ether oxygens (including phenoxy) is 1. The summed E-state index contributed by atoms with van der Waals surface area (Å²) in [6.45, 7) is 8.52. The van der Waals surface area contributed by atoms with Crippen LogP contribution in [-0.4, -0.2) is 51.1 Å². The third-order valence-electron chi connectivity index (χ3n) is 4.33. The number of hydrogen-bond donors (Lipinski definition) is 2. The Balaban J connectivity index is 1.68. The zero-order chi connectivity index (χ0) is 21.3. The number of fused-ring (bicyclic) bond motifs is 1. The van der Waals surface area contributed by atoms with E-state index in [1.807, 2.05) is 11.6 Å². The standard InChI is InChI=1S/C21H28N6O2S/c1-4-11-22-18-17-14-24-27(19(17)26-21(25-18)30-6-3)13-12-23-20(28)15-7-9-16(10-8-15)29-5-2/h7-10,14H,4-6,11-13H2,1-3H3,(H,23,28)(H,22,25,26). The second-order valence-electron chi connectivity index (χ2n) is 6.53. The fraction of sp³-hybridized carbons (Fsp3) is 0.429. The summed E-state index contributed by atoms with van der Waals surface area (Å²) >= 11 is 1.60. The molecule has 30 heavy (non-hydrogen) atoms. The van der Waals surface area contributed by atoms with Crippen molar-refractivity contribution < 1.29 is 9.53 Å². The van der Waals surface area contributed by atoms with Crippen molar-refractivity contribution in [2.75, 3.05) is 30.8 Å². The van der Waals surface area contributed by atoms with Crippen LogP contribution in [0.25, 0.3) is 11.0 Å². The van der Waals surface area contributed by atoms with E-state index in [1.165, 1.54) is 0 Å². The Kier molecular flexibility index (Phi) is 7.89. The average Bonchev–Trinajstić information content (AvgIpc) is 3.16. The summed E-state index contributed by atoms with van der Waals surface area (Å²) in [5, 5.41) is 12.4. The van der Waals surface area contributed by atoms with Crippen LogP contribution in [0.5, 0.6) is 5.75 Å². The molecule has 0 aliphatic carbocycles. The van der Waals surface area contributed by atoms with Crippen LogP contribution in [0, 0.1) is 0 Å². The van der Waals surface area contributed by atoms with Gasteiger partial charge in [0, 0.05) is 18.7 Å². The largest absolute Gasteiger partial charge is 0.494 e. The van der Waals surface area contributed by atoms with Gasteiger partial charge in [-0.3, -0.25) is 4.79 Å². The first kappa shape index (κ1) is 21.9. The van der Waals surface area contributed by atoms with Gasteiger partial charge in [0.1, 0.15) is 11.6 Å². The minimum absolute atomic E-state index is 0.128. The van der Waals surface area contributed by atoms with Crippen LogP contribution in [0.2, 0.25) is 0 Å². The predicted octanol–water partition coefficient (Wildman–Crippen LogP) is 3.59. The molecule has 0 aliphatic heterocycles. The quantitative estimate of drug-likeness (QED) is 0.356. The Morgan fingerprint density at radius 1 is 1.13 bits per heavy atom. The predicted molar refractivity (Wildman–Crippen MR) is 120 cm³/mol. The van der Waals surface area contributed by atoms with E-state index < -0.39 is 0 Å². The van der Waals surface area contributed by atoms with Gasteiger partial charge < -0.3 is 15.4 Å². The molecule has 3 rings (SSSR count). The molecule has 1 aromatic carbocycles. The fourth-order valence-corrected chi connectivity index (χ4v) is 3.48. The molecule has 0 spiro atoms. The molecule has 8 nitrogen and oxygen atoms in total. The van der Waals surface area contributed by atoms with Crippen molar-refractivity contribution in [3.63, 3.8) is 0 Å². The summed E-state index contributed by atoms with van der Waals surface area (Å²) < 4.78 is 7.22. The van der Waals surface area contributed by atoms with E-state index in [9.17, 15) is 4.79 Å². The summed E-state index contributed by atoms with van der Waals surface area (Å²) in [6.07, 6.45) is 2.79. The van der Waals surface area contributed by atoms with Crippen LogP contribution in [0.3, 0.4) is 0 Å². The number of hydrogen-bond acceptors (Lipinski definition) is 7. The van der Waals surface area contributed by atoms with Gasteiger partial charge in [0.05, 0.1) is 24.7 Å². The van der Waals surface area contributed by atoms with Crippen LogP contribution < -0.4 is 15.4 Å². The van der Waals surface area contributed by atoms with E-state index in [-0.39, 0.29) is 5.91 Å². The third-order valence-corrected chi connectivity index (χ3v) is 5.06. The molecule has 0 saturated heterocycles. The van der Waals surface area contributed by atoms with Gasteiger partial charge in [-0.05, 0) is 43.4 Å². The molecule has 0 atom stereocenters. The summed E-state index contributed by atoms with van der Waals surface area (Å²) in [7, 11) is 0. The normalized spacial score (nSPS) is 10.9. The summed E-state index contributed by atoms with van der Waals surface area (Å²) in [5.74, 6) is 2.33. The van der Waals surface area contributed by atoms with Crippen molar-refractivity contribution >= 4 is 34.5 Å². The first-order valence-corrected chi connectivity index (χ1v) is 11.3. The van der Waals surface area contributed by atoms with E-state index in [0.29, 0.717) is 25.3 Å². The number of rotatable bonds is 11. The molecule has 0 bridgehead atoms. The van der Waals surface area contributed by atoms with Gasteiger partial charge >= 0.3 is 0 Å². The van der Waals surface area contributed by atoms with E-state index >= 15 is 0 Å². The average molecular weight is 429 g/mol. The minimum Gasteiger partial charge on any atom is -0.494 e. The van der Waals surface area contributed by atoms with Crippen molar-refractivity contribution in [1.29, 1.82) is 0 Å². The van der Waals surface area contributed by atoms with E-state index in [4.69, 9.17) is 4.74 Å². The highest BCUT2D eigenvalue weighted by Crippen LogP contribution is 2.24. The highest BCUT2D eigenvalue weighted by Gasteiger charge is 2.13. The molecule has 9 heteroatoms. The molecule has 2 heterocycles. The van der Waals surface area contributed by atoms with Crippen molar-refractivity contribution in [2.24, 2.45) is 0 Å². The number of benzene rings is 1. The molecular weight excluding hydrogens is 400 g/mol. The maximum atomic E-state index is 12.4. The zero-order valence-corrected chi connectivity index (χ0v) is 18.5. The Bertz CT molecular complexity index is 974. The Morgan fingerprint density at radius 2 is 1.93 bits per heavy atom. The van der Waals surface area contributed by atoms with E-state index in [1.54, 1.807) is 42.2 Å². The van der Waals surface area contributed by atoms with Gasteiger partial charge in [-0.25, -0.2) is 14.6 Å². The summed E-state index contributed by atoms with van der Waals surface area (Å²) in [4.78, 5) is 21.7. The lowest BCUT2D eigenvalue weighted by Gasteiger charge is -2.09. The number of nitrogens with zero attached hydrogens (tertiary/aromatic N) is 4. The molecule has 1 amide bonds. The zero-order valence-electron chi connectivity index (χ0n) is 17.6. The first-order chi connectivity index (χ1) is 14.7. The van der Waals surface area contributed by atoms with Gasteiger partial charge in [0.25, 0.3) is 5.91 Å².